The lowest BCUT2D eigenvalue weighted by molar-refractivity contribution is -0.133. The Balaban J connectivity index is 1.50. The van der Waals surface area contributed by atoms with Gasteiger partial charge in [-0.15, -0.1) is 0 Å². The Morgan fingerprint density at radius 1 is 1.09 bits per heavy atom. The zero-order chi connectivity index (χ0) is 25.2. The summed E-state index contributed by atoms with van der Waals surface area (Å²) < 4.78 is 5.30. The van der Waals surface area contributed by atoms with Crippen LogP contribution in [0, 0.1) is 5.92 Å². The van der Waals surface area contributed by atoms with Gasteiger partial charge in [-0.2, -0.15) is 0 Å². The first kappa shape index (κ1) is 25.9. The van der Waals surface area contributed by atoms with Crippen LogP contribution in [0.2, 0.25) is 0 Å². The second-order valence-electron chi connectivity index (χ2n) is 9.06. The highest BCUT2D eigenvalue weighted by Gasteiger charge is 2.33. The first-order chi connectivity index (χ1) is 16.8. The first-order valence-corrected chi connectivity index (χ1v) is 11.8. The maximum Gasteiger partial charge on any atom is 0.410 e. The predicted molar refractivity (Wildman–Crippen MR) is 129 cm³/mol. The second-order valence-corrected chi connectivity index (χ2v) is 9.06. The van der Waals surface area contributed by atoms with Gasteiger partial charge in [0.15, 0.2) is 5.78 Å². The monoisotopic (exact) mass is 480 g/mol. The van der Waals surface area contributed by atoms with Gasteiger partial charge in [0.05, 0.1) is 19.0 Å². The third-order valence-electron chi connectivity index (χ3n) is 5.68. The van der Waals surface area contributed by atoms with Gasteiger partial charge in [-0.3, -0.25) is 19.4 Å². The lowest BCUT2D eigenvalue weighted by atomic mass is 10.00. The van der Waals surface area contributed by atoms with E-state index in [2.05, 4.69) is 15.6 Å². The third-order valence-corrected chi connectivity index (χ3v) is 5.68. The molecule has 1 saturated heterocycles. The van der Waals surface area contributed by atoms with Crippen LogP contribution in [0.25, 0.3) is 0 Å². The highest BCUT2D eigenvalue weighted by molar-refractivity contribution is 5.95. The minimum Gasteiger partial charge on any atom is -0.445 e. The lowest BCUT2D eigenvalue weighted by Gasteiger charge is -2.31. The second kappa shape index (κ2) is 12.6. The molecule has 35 heavy (non-hydrogen) atoms. The van der Waals surface area contributed by atoms with E-state index in [1.54, 1.807) is 24.5 Å². The van der Waals surface area contributed by atoms with Crippen LogP contribution < -0.4 is 10.6 Å². The predicted octanol–water partition coefficient (Wildman–Crippen LogP) is 2.25. The van der Waals surface area contributed by atoms with E-state index < -0.39 is 24.1 Å². The van der Waals surface area contributed by atoms with Gasteiger partial charge in [0.2, 0.25) is 11.8 Å². The van der Waals surface area contributed by atoms with Crippen molar-refractivity contribution in [1.29, 1.82) is 0 Å². The van der Waals surface area contributed by atoms with Crippen molar-refractivity contribution < 1.29 is 23.9 Å². The standard InChI is InChI=1S/C26H32N4O5/c1-18(2)14-22(28-24(32)15-19-8-11-27-12-9-19)25(33)29-21-10-13-30(16-23(21)31)26(34)35-17-20-6-4-3-5-7-20/h3-9,11-12,18,21-22H,10,13-17H2,1-2H3,(H,28,32)(H,29,33)/t21?,22-/m0/s1. The van der Waals surface area contributed by atoms with Crippen LogP contribution in [0.5, 0.6) is 0 Å². The zero-order valence-corrected chi connectivity index (χ0v) is 20.1. The Labute approximate surface area is 205 Å². The number of ketones is 1. The van der Waals surface area contributed by atoms with Gasteiger partial charge in [0, 0.05) is 18.9 Å². The van der Waals surface area contributed by atoms with Crippen molar-refractivity contribution in [2.45, 2.75) is 51.8 Å². The van der Waals surface area contributed by atoms with Gasteiger partial charge in [-0.25, -0.2) is 4.79 Å². The molecule has 0 bridgehead atoms. The zero-order valence-electron chi connectivity index (χ0n) is 20.1. The number of benzene rings is 1. The van der Waals surface area contributed by atoms with Crippen molar-refractivity contribution in [3.8, 4) is 0 Å². The van der Waals surface area contributed by atoms with E-state index in [1.165, 1.54) is 4.90 Å². The molecule has 1 unspecified atom stereocenters. The van der Waals surface area contributed by atoms with Gasteiger partial charge in [0.25, 0.3) is 0 Å². The molecule has 2 N–H and O–H groups in total. The van der Waals surface area contributed by atoms with Crippen molar-refractivity contribution in [3.63, 3.8) is 0 Å². The molecule has 0 saturated carbocycles. The van der Waals surface area contributed by atoms with Crippen LogP contribution in [0.15, 0.2) is 54.9 Å². The number of amides is 3. The molecule has 2 aromatic rings. The van der Waals surface area contributed by atoms with Crippen LogP contribution in [-0.4, -0.2) is 58.7 Å². The molecule has 1 aromatic heterocycles. The van der Waals surface area contributed by atoms with Crippen molar-refractivity contribution in [2.24, 2.45) is 5.92 Å². The van der Waals surface area contributed by atoms with Gasteiger partial charge >= 0.3 is 6.09 Å². The number of nitrogens with zero attached hydrogens (tertiary/aromatic N) is 2. The van der Waals surface area contributed by atoms with Gasteiger partial charge in [-0.05, 0) is 42.0 Å². The van der Waals surface area contributed by atoms with Crippen LogP contribution in [0.1, 0.15) is 37.8 Å². The molecule has 2 heterocycles. The minimum absolute atomic E-state index is 0.126. The van der Waals surface area contributed by atoms with E-state index in [-0.39, 0.29) is 50.1 Å². The number of carbonyl (C=O) groups excluding carboxylic acids is 4. The fourth-order valence-corrected chi connectivity index (χ4v) is 3.85. The molecule has 2 atom stereocenters. The average Bonchev–Trinajstić information content (AvgIpc) is 2.84. The number of hydrogen-bond donors (Lipinski definition) is 2. The Kier molecular flexibility index (Phi) is 9.34. The number of rotatable bonds is 9. The largest absolute Gasteiger partial charge is 0.445 e. The molecular formula is C26H32N4O5. The molecule has 0 aliphatic carbocycles. The Morgan fingerprint density at radius 2 is 1.80 bits per heavy atom. The summed E-state index contributed by atoms with van der Waals surface area (Å²) in [6.07, 6.45) is 3.50. The molecule has 1 aliphatic rings. The van der Waals surface area contributed by atoms with Crippen molar-refractivity contribution in [3.05, 3.63) is 66.0 Å². The average molecular weight is 481 g/mol. The number of piperidine rings is 1. The SMILES string of the molecule is CC(C)C[C@H](NC(=O)Cc1ccncc1)C(=O)NC1CCN(C(=O)OCc2ccccc2)CC1=O. The summed E-state index contributed by atoms with van der Waals surface area (Å²) in [7, 11) is 0. The number of hydrogen-bond acceptors (Lipinski definition) is 6. The summed E-state index contributed by atoms with van der Waals surface area (Å²) in [5, 5.41) is 5.56. The molecule has 3 rings (SSSR count). The number of aromatic nitrogens is 1. The molecule has 3 amide bonds. The van der Waals surface area contributed by atoms with E-state index in [9.17, 15) is 19.2 Å². The summed E-state index contributed by atoms with van der Waals surface area (Å²) in [5.74, 6) is -0.795. The molecule has 1 fully saturated rings. The molecule has 1 aliphatic heterocycles. The lowest BCUT2D eigenvalue weighted by Crippen LogP contribution is -2.57. The Morgan fingerprint density at radius 3 is 2.46 bits per heavy atom. The molecule has 186 valence electrons. The summed E-state index contributed by atoms with van der Waals surface area (Å²) in [5.41, 5.74) is 1.65. The minimum atomic E-state index is -0.758. The topological polar surface area (TPSA) is 118 Å². The van der Waals surface area contributed by atoms with Crippen LogP contribution in [0.4, 0.5) is 4.79 Å². The van der Waals surface area contributed by atoms with Gasteiger partial charge in [0.1, 0.15) is 12.6 Å². The number of ether oxygens (including phenoxy) is 1. The first-order valence-electron chi connectivity index (χ1n) is 11.8. The molecule has 9 nitrogen and oxygen atoms in total. The highest BCUT2D eigenvalue weighted by atomic mass is 16.6. The molecule has 0 radical (unpaired) electrons. The fourth-order valence-electron chi connectivity index (χ4n) is 3.85. The number of carbonyl (C=O) groups is 4. The maximum absolute atomic E-state index is 13.0. The number of likely N-dealkylation sites (tertiary alicyclic amines) is 1. The summed E-state index contributed by atoms with van der Waals surface area (Å²) >= 11 is 0. The van der Waals surface area contributed by atoms with Crippen molar-refractivity contribution >= 4 is 23.7 Å². The molecule has 0 spiro atoms. The quantitative estimate of drug-likeness (QED) is 0.569. The van der Waals surface area contributed by atoms with E-state index in [1.807, 2.05) is 44.2 Å². The number of Topliss-reactive ketones (excluding diaryl/α,β-unsaturated/α-hetero) is 1. The van der Waals surface area contributed by atoms with E-state index in [0.717, 1.165) is 11.1 Å². The number of nitrogens with one attached hydrogen (secondary N) is 2. The van der Waals surface area contributed by atoms with Gasteiger partial charge in [-0.1, -0.05) is 44.2 Å². The fraction of sp³-hybridized carbons (Fsp3) is 0.423. The van der Waals surface area contributed by atoms with Crippen molar-refractivity contribution in [2.75, 3.05) is 13.1 Å². The number of pyridine rings is 1. The third kappa shape index (κ3) is 8.20. The van der Waals surface area contributed by atoms with Crippen LogP contribution >= 0.6 is 0 Å². The van der Waals surface area contributed by atoms with Gasteiger partial charge < -0.3 is 20.3 Å². The molecular weight excluding hydrogens is 448 g/mol. The van der Waals surface area contributed by atoms with E-state index in [4.69, 9.17) is 4.74 Å². The summed E-state index contributed by atoms with van der Waals surface area (Å²) in [6.45, 7) is 4.19. The van der Waals surface area contributed by atoms with Crippen molar-refractivity contribution in [1.82, 2.24) is 20.5 Å². The smallest absolute Gasteiger partial charge is 0.410 e. The Bertz CT molecular complexity index is 1010. The normalized spacial score (nSPS) is 16.5. The van der Waals surface area contributed by atoms with E-state index in [0.29, 0.717) is 6.42 Å². The van der Waals surface area contributed by atoms with E-state index >= 15 is 0 Å². The molecule has 9 heteroatoms. The summed E-state index contributed by atoms with van der Waals surface area (Å²) in [4.78, 5) is 55.8. The Hall–Kier alpha value is -3.75. The maximum atomic E-state index is 13.0. The van der Waals surface area contributed by atoms with Crippen LogP contribution in [-0.2, 0) is 32.1 Å². The van der Waals surface area contributed by atoms with Crippen LogP contribution in [0.3, 0.4) is 0 Å². The highest BCUT2D eigenvalue weighted by Crippen LogP contribution is 2.12. The summed E-state index contributed by atoms with van der Waals surface area (Å²) in [6, 6.07) is 11.3. The molecule has 1 aromatic carbocycles.